The molecule has 1 amide bonds. The first-order valence-corrected chi connectivity index (χ1v) is 7.78. The van der Waals surface area contributed by atoms with Crippen molar-refractivity contribution in [3.8, 4) is 5.75 Å². The third-order valence-corrected chi connectivity index (χ3v) is 3.73. The number of nitrogens with one attached hydrogen (secondary N) is 2. The average Bonchev–Trinajstić information content (AvgIpc) is 2.50. The lowest BCUT2D eigenvalue weighted by molar-refractivity contribution is 0.0964. The minimum atomic E-state index is -0.254. The van der Waals surface area contributed by atoms with Gasteiger partial charge in [0, 0.05) is 19.1 Å². The van der Waals surface area contributed by atoms with E-state index in [0.29, 0.717) is 30.5 Å². The van der Waals surface area contributed by atoms with Crippen LogP contribution in [-0.4, -0.2) is 47.0 Å². The summed E-state index contributed by atoms with van der Waals surface area (Å²) in [5, 5.41) is 16.4. The van der Waals surface area contributed by atoms with Gasteiger partial charge in [-0.15, -0.1) is 0 Å². The molecule has 120 valence electrons. The van der Waals surface area contributed by atoms with E-state index in [1.54, 1.807) is 30.0 Å². The van der Waals surface area contributed by atoms with E-state index in [-0.39, 0.29) is 17.9 Å². The van der Waals surface area contributed by atoms with E-state index in [2.05, 4.69) is 10.6 Å². The molecule has 1 aliphatic rings. The number of carbonyl (C=O) groups is 1. The number of carbonyl (C=O) groups excluding carboxylic acids is 1. The number of anilines is 1. The number of phenolic OH excluding ortho intramolecular Hbond substituents is 1. The quantitative estimate of drug-likeness (QED) is 0.585. The molecule has 2 rings (SSSR count). The monoisotopic (exact) mass is 323 g/mol. The molecule has 22 heavy (non-hydrogen) atoms. The van der Waals surface area contributed by atoms with Gasteiger partial charge in [-0.3, -0.25) is 0 Å². The first-order valence-electron chi connectivity index (χ1n) is 7.37. The lowest BCUT2D eigenvalue weighted by atomic mass is 10.1. The summed E-state index contributed by atoms with van der Waals surface area (Å²) in [6, 6.07) is 7.14. The van der Waals surface area contributed by atoms with Crippen LogP contribution in [0.3, 0.4) is 0 Å². The van der Waals surface area contributed by atoms with Crippen molar-refractivity contribution in [2.75, 3.05) is 25.0 Å². The summed E-state index contributed by atoms with van der Waals surface area (Å²) in [6.45, 7) is 3.49. The van der Waals surface area contributed by atoms with Gasteiger partial charge in [-0.05, 0) is 44.1 Å². The van der Waals surface area contributed by atoms with Crippen molar-refractivity contribution < 1.29 is 14.6 Å². The van der Waals surface area contributed by atoms with Crippen LogP contribution in [0.15, 0.2) is 24.3 Å². The fraction of sp³-hybridized carbons (Fsp3) is 0.467. The molecule has 0 aromatic heterocycles. The number of benzene rings is 1. The van der Waals surface area contributed by atoms with Crippen molar-refractivity contribution in [1.82, 2.24) is 10.2 Å². The molecule has 0 saturated carbocycles. The molecule has 1 aliphatic heterocycles. The SMILES string of the molecule is CCOC(=O)N1CCC(NC(=S)Nc2ccccc2O)CC1. The van der Waals surface area contributed by atoms with Gasteiger partial charge in [0.05, 0.1) is 12.3 Å². The number of hydrogen-bond acceptors (Lipinski definition) is 4. The Labute approximate surface area is 135 Å². The molecule has 1 saturated heterocycles. The van der Waals surface area contributed by atoms with Gasteiger partial charge in [0.1, 0.15) is 5.75 Å². The fourth-order valence-corrected chi connectivity index (χ4v) is 2.62. The standard InChI is InChI=1S/C15H21N3O3S/c1-2-21-15(20)18-9-7-11(8-10-18)16-14(22)17-12-5-3-4-6-13(12)19/h3-6,11,19H,2,7-10H2,1H3,(H2,16,17,22). The van der Waals surface area contributed by atoms with Crippen LogP contribution in [0.4, 0.5) is 10.5 Å². The maximum atomic E-state index is 11.6. The summed E-state index contributed by atoms with van der Waals surface area (Å²) in [5.41, 5.74) is 0.573. The van der Waals surface area contributed by atoms with Gasteiger partial charge in [0.25, 0.3) is 0 Å². The van der Waals surface area contributed by atoms with E-state index in [1.165, 1.54) is 0 Å². The van der Waals surface area contributed by atoms with Crippen molar-refractivity contribution in [2.24, 2.45) is 0 Å². The lowest BCUT2D eigenvalue weighted by Gasteiger charge is -2.32. The molecule has 3 N–H and O–H groups in total. The van der Waals surface area contributed by atoms with Crippen molar-refractivity contribution in [2.45, 2.75) is 25.8 Å². The van der Waals surface area contributed by atoms with Crippen molar-refractivity contribution in [1.29, 1.82) is 0 Å². The van der Waals surface area contributed by atoms with Crippen LogP contribution in [0.5, 0.6) is 5.75 Å². The highest BCUT2D eigenvalue weighted by molar-refractivity contribution is 7.80. The second-order valence-electron chi connectivity index (χ2n) is 5.08. The lowest BCUT2D eigenvalue weighted by Crippen LogP contribution is -2.47. The Kier molecular flexibility index (Phi) is 5.83. The van der Waals surface area contributed by atoms with Crippen LogP contribution in [0.25, 0.3) is 0 Å². The van der Waals surface area contributed by atoms with Crippen LogP contribution >= 0.6 is 12.2 Å². The summed E-state index contributed by atoms with van der Waals surface area (Å²) in [5.74, 6) is 0.156. The molecule has 1 aromatic carbocycles. The molecule has 1 heterocycles. The largest absolute Gasteiger partial charge is 0.506 e. The van der Waals surface area contributed by atoms with Gasteiger partial charge in [-0.25, -0.2) is 4.79 Å². The van der Waals surface area contributed by atoms with Crippen LogP contribution in [-0.2, 0) is 4.74 Å². The predicted molar refractivity (Wildman–Crippen MR) is 89.1 cm³/mol. The Bertz CT molecular complexity index is 531. The number of piperidine rings is 1. The Balaban J connectivity index is 1.77. The summed E-state index contributed by atoms with van der Waals surface area (Å²) >= 11 is 5.26. The van der Waals surface area contributed by atoms with Crippen molar-refractivity contribution >= 4 is 29.1 Å². The minimum Gasteiger partial charge on any atom is -0.506 e. The summed E-state index contributed by atoms with van der Waals surface area (Å²) in [7, 11) is 0. The molecular formula is C15H21N3O3S. The highest BCUT2D eigenvalue weighted by Crippen LogP contribution is 2.21. The zero-order chi connectivity index (χ0) is 15.9. The molecular weight excluding hydrogens is 302 g/mol. The van der Waals surface area contributed by atoms with E-state index in [4.69, 9.17) is 17.0 Å². The second-order valence-corrected chi connectivity index (χ2v) is 5.48. The number of nitrogens with zero attached hydrogens (tertiary/aromatic N) is 1. The number of thiocarbonyl (C=S) groups is 1. The minimum absolute atomic E-state index is 0.156. The average molecular weight is 323 g/mol. The summed E-state index contributed by atoms with van der Waals surface area (Å²) < 4.78 is 4.99. The molecule has 0 atom stereocenters. The van der Waals surface area contributed by atoms with E-state index < -0.39 is 0 Å². The number of ether oxygens (including phenoxy) is 1. The number of hydrogen-bond donors (Lipinski definition) is 3. The van der Waals surface area contributed by atoms with E-state index in [1.807, 2.05) is 6.07 Å². The first-order chi connectivity index (χ1) is 10.6. The van der Waals surface area contributed by atoms with E-state index in [0.717, 1.165) is 12.8 Å². The molecule has 1 aromatic rings. The van der Waals surface area contributed by atoms with Gasteiger partial charge >= 0.3 is 6.09 Å². The smallest absolute Gasteiger partial charge is 0.409 e. The Hall–Kier alpha value is -2.02. The maximum Gasteiger partial charge on any atom is 0.409 e. The molecule has 0 radical (unpaired) electrons. The first kappa shape index (κ1) is 16.4. The van der Waals surface area contributed by atoms with Crippen LogP contribution in [0.2, 0.25) is 0 Å². The van der Waals surface area contributed by atoms with Crippen LogP contribution in [0.1, 0.15) is 19.8 Å². The van der Waals surface area contributed by atoms with Gasteiger partial charge in [0.15, 0.2) is 5.11 Å². The number of phenols is 1. The van der Waals surface area contributed by atoms with Gasteiger partial charge in [0.2, 0.25) is 0 Å². The highest BCUT2D eigenvalue weighted by Gasteiger charge is 2.23. The number of likely N-dealkylation sites (tertiary alicyclic amines) is 1. The topological polar surface area (TPSA) is 73.8 Å². The van der Waals surface area contributed by atoms with E-state index >= 15 is 0 Å². The third-order valence-electron chi connectivity index (χ3n) is 3.51. The number of para-hydroxylation sites is 2. The maximum absolute atomic E-state index is 11.6. The number of aromatic hydroxyl groups is 1. The molecule has 0 aliphatic carbocycles. The summed E-state index contributed by atoms with van der Waals surface area (Å²) in [4.78, 5) is 13.3. The molecule has 0 bridgehead atoms. The summed E-state index contributed by atoms with van der Waals surface area (Å²) in [6.07, 6.45) is 1.36. The number of amides is 1. The fourth-order valence-electron chi connectivity index (χ4n) is 2.34. The Morgan fingerprint density at radius 1 is 1.41 bits per heavy atom. The predicted octanol–water partition coefficient (Wildman–Crippen LogP) is 2.30. The van der Waals surface area contributed by atoms with Crippen molar-refractivity contribution in [3.05, 3.63) is 24.3 Å². The molecule has 6 nitrogen and oxygen atoms in total. The Morgan fingerprint density at radius 2 is 2.09 bits per heavy atom. The molecule has 1 fully saturated rings. The second kappa shape index (κ2) is 7.84. The van der Waals surface area contributed by atoms with Crippen LogP contribution < -0.4 is 10.6 Å². The molecule has 0 unspecified atom stereocenters. The Morgan fingerprint density at radius 3 is 2.73 bits per heavy atom. The molecule has 7 heteroatoms. The zero-order valence-corrected chi connectivity index (χ0v) is 13.4. The third kappa shape index (κ3) is 4.49. The van der Waals surface area contributed by atoms with Gasteiger partial charge in [-0.1, -0.05) is 12.1 Å². The van der Waals surface area contributed by atoms with Gasteiger partial charge in [-0.2, -0.15) is 0 Å². The van der Waals surface area contributed by atoms with Crippen LogP contribution in [0, 0.1) is 0 Å². The van der Waals surface area contributed by atoms with Crippen molar-refractivity contribution in [3.63, 3.8) is 0 Å². The highest BCUT2D eigenvalue weighted by atomic mass is 32.1. The number of rotatable bonds is 3. The molecule has 0 spiro atoms. The van der Waals surface area contributed by atoms with Gasteiger partial charge < -0.3 is 25.4 Å². The van der Waals surface area contributed by atoms with E-state index in [9.17, 15) is 9.90 Å². The zero-order valence-electron chi connectivity index (χ0n) is 12.5. The normalized spacial score (nSPS) is 15.2.